The highest BCUT2D eigenvalue weighted by molar-refractivity contribution is 6.02. The van der Waals surface area contributed by atoms with Crippen molar-refractivity contribution in [3.8, 4) is 0 Å². The molecule has 5 nitrogen and oxygen atoms in total. The molecule has 2 amide bonds. The fourth-order valence-corrected chi connectivity index (χ4v) is 2.51. The van der Waals surface area contributed by atoms with Gasteiger partial charge < -0.3 is 10.2 Å². The van der Waals surface area contributed by atoms with Gasteiger partial charge in [0.25, 0.3) is 0 Å². The van der Waals surface area contributed by atoms with Crippen molar-refractivity contribution in [3.05, 3.63) is 29.8 Å². The number of hydrogen-bond acceptors (Lipinski definition) is 3. The summed E-state index contributed by atoms with van der Waals surface area (Å²) in [6, 6.07) is 7.26. The predicted molar refractivity (Wildman–Crippen MR) is 78.7 cm³/mol. The lowest BCUT2D eigenvalue weighted by Gasteiger charge is -2.23. The number of nitrogens with one attached hydrogen (secondary N) is 1. The molecule has 1 unspecified atom stereocenters. The third-order valence-electron chi connectivity index (χ3n) is 3.48. The van der Waals surface area contributed by atoms with E-state index in [1.165, 1.54) is 6.92 Å². The molecule has 1 aliphatic heterocycles. The number of hydrogen-bond donors (Lipinski definition) is 1. The summed E-state index contributed by atoms with van der Waals surface area (Å²) in [5, 5.41) is 2.90. The van der Waals surface area contributed by atoms with Crippen molar-refractivity contribution in [3.63, 3.8) is 0 Å². The van der Waals surface area contributed by atoms with E-state index in [0.717, 1.165) is 17.8 Å². The first kappa shape index (κ1) is 14.5. The Morgan fingerprint density at radius 3 is 2.70 bits per heavy atom. The quantitative estimate of drug-likeness (QED) is 0.877. The molecule has 108 valence electrons. The lowest BCUT2D eigenvalue weighted by Crippen LogP contribution is -2.48. The number of rotatable bonds is 4. The minimum Gasteiger partial charge on any atom is -0.353 e. The van der Waals surface area contributed by atoms with E-state index in [4.69, 9.17) is 0 Å². The first-order valence-electron chi connectivity index (χ1n) is 6.81. The van der Waals surface area contributed by atoms with Crippen LogP contribution in [-0.2, 0) is 16.0 Å². The largest absolute Gasteiger partial charge is 0.353 e. The van der Waals surface area contributed by atoms with Crippen molar-refractivity contribution in [2.75, 3.05) is 32.1 Å². The van der Waals surface area contributed by atoms with E-state index in [-0.39, 0.29) is 11.8 Å². The molecule has 1 aromatic rings. The van der Waals surface area contributed by atoms with Crippen LogP contribution >= 0.6 is 0 Å². The Labute approximate surface area is 119 Å². The molecule has 1 atom stereocenters. The summed E-state index contributed by atoms with van der Waals surface area (Å²) in [7, 11) is 3.92. The number of nitrogens with zero attached hydrogens (tertiary/aromatic N) is 2. The summed E-state index contributed by atoms with van der Waals surface area (Å²) >= 11 is 0. The van der Waals surface area contributed by atoms with Crippen molar-refractivity contribution in [1.82, 2.24) is 10.2 Å². The number of anilines is 1. The second-order valence-electron chi connectivity index (χ2n) is 5.33. The summed E-state index contributed by atoms with van der Waals surface area (Å²) in [4.78, 5) is 27.7. The molecule has 0 radical (unpaired) electrons. The highest BCUT2D eigenvalue weighted by Crippen LogP contribution is 2.32. The van der Waals surface area contributed by atoms with Gasteiger partial charge in [-0.3, -0.25) is 14.5 Å². The van der Waals surface area contributed by atoms with Gasteiger partial charge in [-0.2, -0.15) is 0 Å². The lowest BCUT2D eigenvalue weighted by atomic mass is 10.1. The fourth-order valence-electron chi connectivity index (χ4n) is 2.51. The second-order valence-corrected chi connectivity index (χ2v) is 5.33. The predicted octanol–water partition coefficient (Wildman–Crippen LogP) is 0.642. The molecule has 0 aromatic heterocycles. The van der Waals surface area contributed by atoms with Crippen molar-refractivity contribution in [2.24, 2.45) is 0 Å². The van der Waals surface area contributed by atoms with Gasteiger partial charge in [-0.05, 0) is 25.7 Å². The fraction of sp³-hybridized carbons (Fsp3) is 0.467. The highest BCUT2D eigenvalue weighted by atomic mass is 16.2. The van der Waals surface area contributed by atoms with Gasteiger partial charge in [0.05, 0.1) is 0 Å². The zero-order valence-electron chi connectivity index (χ0n) is 12.2. The van der Waals surface area contributed by atoms with E-state index in [1.54, 1.807) is 4.90 Å². The Morgan fingerprint density at radius 1 is 1.35 bits per heavy atom. The Balaban J connectivity index is 2.09. The van der Waals surface area contributed by atoms with Gasteiger partial charge in [0.1, 0.15) is 6.04 Å². The van der Waals surface area contributed by atoms with Crippen LogP contribution in [0.15, 0.2) is 24.3 Å². The molecule has 1 aliphatic rings. The monoisotopic (exact) mass is 275 g/mol. The molecule has 1 heterocycles. The molecule has 5 heteroatoms. The van der Waals surface area contributed by atoms with Crippen molar-refractivity contribution < 1.29 is 9.59 Å². The Hall–Kier alpha value is -1.88. The normalized spacial score (nSPS) is 17.2. The number of carbonyl (C=O) groups excluding carboxylic acids is 2. The van der Waals surface area contributed by atoms with Crippen LogP contribution in [0.3, 0.4) is 0 Å². The van der Waals surface area contributed by atoms with Crippen LogP contribution in [0.4, 0.5) is 5.69 Å². The van der Waals surface area contributed by atoms with Crippen LogP contribution < -0.4 is 10.2 Å². The Bertz CT molecular complexity index is 514. The molecule has 1 aromatic carbocycles. The van der Waals surface area contributed by atoms with Gasteiger partial charge in [0, 0.05) is 32.1 Å². The summed E-state index contributed by atoms with van der Waals surface area (Å²) < 4.78 is 0. The first-order valence-corrected chi connectivity index (χ1v) is 6.81. The van der Waals surface area contributed by atoms with Crippen LogP contribution in [0.25, 0.3) is 0 Å². The van der Waals surface area contributed by atoms with Crippen LogP contribution in [0.5, 0.6) is 0 Å². The Morgan fingerprint density at radius 2 is 2.05 bits per heavy atom. The van der Waals surface area contributed by atoms with Gasteiger partial charge in [0.2, 0.25) is 11.8 Å². The molecule has 20 heavy (non-hydrogen) atoms. The number of amides is 2. The molecule has 0 spiro atoms. The zero-order chi connectivity index (χ0) is 14.7. The van der Waals surface area contributed by atoms with Crippen molar-refractivity contribution in [1.29, 1.82) is 0 Å². The molecule has 0 saturated heterocycles. The van der Waals surface area contributed by atoms with Gasteiger partial charge in [-0.1, -0.05) is 18.2 Å². The van der Waals surface area contributed by atoms with Crippen LogP contribution in [0, 0.1) is 0 Å². The molecule has 0 saturated carbocycles. The van der Waals surface area contributed by atoms with Crippen LogP contribution in [-0.4, -0.2) is 49.9 Å². The Kier molecular flexibility index (Phi) is 4.39. The maximum Gasteiger partial charge on any atom is 0.243 e. The third kappa shape index (κ3) is 2.99. The number of fused-ring (bicyclic) bond motifs is 1. The number of likely N-dealkylation sites (N-methyl/N-ethyl adjacent to an activating group) is 1. The van der Waals surface area contributed by atoms with E-state index in [1.807, 2.05) is 43.3 Å². The maximum atomic E-state index is 12.3. The second kappa shape index (κ2) is 6.05. The van der Waals surface area contributed by atoms with Gasteiger partial charge >= 0.3 is 0 Å². The molecule has 1 N–H and O–H groups in total. The molecule has 0 bridgehead atoms. The minimum absolute atomic E-state index is 0.0850. The summed E-state index contributed by atoms with van der Waals surface area (Å²) in [6.45, 7) is 2.87. The topological polar surface area (TPSA) is 52.7 Å². The van der Waals surface area contributed by atoms with Gasteiger partial charge in [0.15, 0.2) is 0 Å². The summed E-state index contributed by atoms with van der Waals surface area (Å²) in [5.74, 6) is -0.180. The van der Waals surface area contributed by atoms with Gasteiger partial charge in [-0.15, -0.1) is 0 Å². The molecular weight excluding hydrogens is 254 g/mol. The number of carbonyl (C=O) groups is 2. The van der Waals surface area contributed by atoms with E-state index in [9.17, 15) is 9.59 Å². The van der Waals surface area contributed by atoms with E-state index in [2.05, 4.69) is 5.32 Å². The first-order chi connectivity index (χ1) is 9.50. The smallest absolute Gasteiger partial charge is 0.243 e. The SMILES string of the molecule is CC(=O)N1c2ccccc2CC1C(=O)NCCN(C)C. The van der Waals surface area contributed by atoms with Crippen LogP contribution in [0.2, 0.25) is 0 Å². The lowest BCUT2D eigenvalue weighted by molar-refractivity contribution is -0.125. The molecule has 2 rings (SSSR count). The molecular formula is C15H21N3O2. The molecule has 0 fully saturated rings. The van der Waals surface area contributed by atoms with E-state index in [0.29, 0.717) is 13.0 Å². The van der Waals surface area contributed by atoms with Crippen molar-refractivity contribution >= 4 is 17.5 Å². The molecule has 0 aliphatic carbocycles. The van der Waals surface area contributed by atoms with Crippen LogP contribution in [0.1, 0.15) is 12.5 Å². The summed E-state index contributed by atoms with van der Waals surface area (Å²) in [6.07, 6.45) is 0.587. The number of para-hydroxylation sites is 1. The average molecular weight is 275 g/mol. The standard InChI is InChI=1S/C15H21N3O2/c1-11(19)18-13-7-5-4-6-12(13)10-14(18)15(20)16-8-9-17(2)3/h4-7,14H,8-10H2,1-3H3,(H,16,20). The average Bonchev–Trinajstić information content (AvgIpc) is 2.77. The highest BCUT2D eigenvalue weighted by Gasteiger charge is 2.36. The minimum atomic E-state index is -0.424. The zero-order valence-corrected chi connectivity index (χ0v) is 12.2. The van der Waals surface area contributed by atoms with Gasteiger partial charge in [-0.25, -0.2) is 0 Å². The van der Waals surface area contributed by atoms with Crippen molar-refractivity contribution in [2.45, 2.75) is 19.4 Å². The maximum absolute atomic E-state index is 12.3. The van der Waals surface area contributed by atoms with E-state index < -0.39 is 6.04 Å². The third-order valence-corrected chi connectivity index (χ3v) is 3.48. The number of benzene rings is 1. The summed E-state index contributed by atoms with van der Waals surface area (Å²) in [5.41, 5.74) is 1.91. The van der Waals surface area contributed by atoms with E-state index >= 15 is 0 Å².